The van der Waals surface area contributed by atoms with Gasteiger partial charge in [0.05, 0.1) is 12.0 Å². The third-order valence-corrected chi connectivity index (χ3v) is 7.42. The fourth-order valence-electron chi connectivity index (χ4n) is 5.68. The van der Waals surface area contributed by atoms with E-state index in [1.54, 1.807) is 19.2 Å². The van der Waals surface area contributed by atoms with Crippen molar-refractivity contribution in [2.24, 2.45) is 17.8 Å². The molecule has 6 atom stereocenters. The molecule has 4 rings (SSSR count). The number of nitrogens with one attached hydrogen (secondary N) is 3. The number of piperidine rings is 3. The summed E-state index contributed by atoms with van der Waals surface area (Å²) in [6, 6.07) is -3.93. The summed E-state index contributed by atoms with van der Waals surface area (Å²) >= 11 is 0. The van der Waals surface area contributed by atoms with Crippen molar-refractivity contribution in [3.8, 4) is 6.07 Å². The lowest BCUT2D eigenvalue weighted by atomic mass is 9.71. The molecule has 0 aromatic rings. The number of alkyl halides is 5. The van der Waals surface area contributed by atoms with E-state index in [0.717, 1.165) is 4.90 Å². The first-order valence-corrected chi connectivity index (χ1v) is 12.7. The zero-order valence-electron chi connectivity index (χ0n) is 21.1. The minimum Gasteiger partial charge on any atom is -0.356 e. The zero-order valence-corrected chi connectivity index (χ0v) is 21.1. The van der Waals surface area contributed by atoms with E-state index in [2.05, 4.69) is 10.6 Å². The predicted molar refractivity (Wildman–Crippen MR) is 122 cm³/mol. The molecule has 0 radical (unpaired) electrons. The van der Waals surface area contributed by atoms with E-state index in [1.165, 1.54) is 0 Å². The second-order valence-electron chi connectivity index (χ2n) is 10.7. The van der Waals surface area contributed by atoms with Gasteiger partial charge in [0, 0.05) is 24.9 Å². The van der Waals surface area contributed by atoms with Crippen molar-refractivity contribution < 1.29 is 41.1 Å². The lowest BCUT2D eigenvalue weighted by Gasteiger charge is -2.54. The molecule has 1 saturated carbocycles. The van der Waals surface area contributed by atoms with Gasteiger partial charge in [0.1, 0.15) is 18.1 Å². The van der Waals surface area contributed by atoms with Gasteiger partial charge >= 0.3 is 12.1 Å². The Kier molecular flexibility index (Phi) is 8.88. The highest BCUT2D eigenvalue weighted by molar-refractivity contribution is 5.94. The van der Waals surface area contributed by atoms with Crippen LogP contribution in [0.4, 0.5) is 22.0 Å². The molecule has 0 spiro atoms. The van der Waals surface area contributed by atoms with E-state index in [1.807, 2.05) is 6.07 Å². The van der Waals surface area contributed by atoms with Crippen molar-refractivity contribution in [1.29, 1.82) is 5.26 Å². The minimum absolute atomic E-state index is 0.0587. The van der Waals surface area contributed by atoms with Crippen LogP contribution in [0.15, 0.2) is 0 Å². The van der Waals surface area contributed by atoms with E-state index in [4.69, 9.17) is 0 Å². The van der Waals surface area contributed by atoms with Crippen molar-refractivity contribution in [3.05, 3.63) is 0 Å². The Morgan fingerprint density at radius 2 is 1.87 bits per heavy atom. The summed E-state index contributed by atoms with van der Waals surface area (Å²) in [7, 11) is 0. The highest BCUT2D eigenvalue weighted by Crippen LogP contribution is 2.49. The van der Waals surface area contributed by atoms with Crippen molar-refractivity contribution in [2.45, 2.75) is 95.1 Å². The number of amides is 4. The summed E-state index contributed by atoms with van der Waals surface area (Å²) < 4.78 is 68.7. The molecule has 2 bridgehead atoms. The van der Waals surface area contributed by atoms with Crippen molar-refractivity contribution in [2.75, 3.05) is 6.54 Å². The topological polar surface area (TPSA) is 131 Å². The number of nitriles is 1. The van der Waals surface area contributed by atoms with E-state index in [9.17, 15) is 46.4 Å². The maximum Gasteiger partial charge on any atom is 0.471 e. The average molecular weight is 550 g/mol. The van der Waals surface area contributed by atoms with Crippen LogP contribution < -0.4 is 16.0 Å². The monoisotopic (exact) mass is 549 g/mol. The molecule has 3 N–H and O–H groups in total. The lowest BCUT2D eigenvalue weighted by molar-refractivity contribution is -0.196. The fourth-order valence-corrected chi connectivity index (χ4v) is 5.68. The van der Waals surface area contributed by atoms with Gasteiger partial charge in [-0.1, -0.05) is 13.8 Å². The molecule has 212 valence electrons. The number of carbonyl (C=O) groups is 4. The van der Waals surface area contributed by atoms with Crippen molar-refractivity contribution >= 4 is 23.6 Å². The Balaban J connectivity index is 1.87. The van der Waals surface area contributed by atoms with Crippen LogP contribution in [-0.2, 0) is 19.2 Å². The van der Waals surface area contributed by atoms with Crippen LogP contribution in [0.5, 0.6) is 0 Å². The first-order chi connectivity index (χ1) is 17.7. The van der Waals surface area contributed by atoms with E-state index < -0.39 is 72.2 Å². The summed E-state index contributed by atoms with van der Waals surface area (Å²) in [5.41, 5.74) is 0. The number of nitrogens with zero attached hydrogens (tertiary/aromatic N) is 2. The largest absolute Gasteiger partial charge is 0.471 e. The molecule has 4 amide bonds. The van der Waals surface area contributed by atoms with Gasteiger partial charge in [-0.2, -0.15) is 18.4 Å². The SMILES string of the molecule is CC(C)C[C@@H](NC(=O)C(F)(F)F)C(=O)N1[C@@H]2CC[C@H]([C@H]1C(=O)N[C@H](C#N)C[C@@H]1CCCNC1=O)C(F)(F)C2. The first-order valence-electron chi connectivity index (χ1n) is 12.7. The van der Waals surface area contributed by atoms with Crippen molar-refractivity contribution in [3.63, 3.8) is 0 Å². The van der Waals surface area contributed by atoms with Gasteiger partial charge in [-0.05, 0) is 44.4 Å². The first kappa shape index (κ1) is 29.6. The highest BCUT2D eigenvalue weighted by Gasteiger charge is 2.61. The standard InChI is InChI=1S/C24H32F5N5O4/c1-12(2)8-17(33-22(38)24(27,28)29)21(37)34-15-5-6-16(23(25,26)10-15)18(34)20(36)32-14(11-30)9-13-4-3-7-31-19(13)35/h12-18H,3-10H2,1-2H3,(H,31,35)(H,32,36)(H,33,38)/t13-,14-,15+,16+,17+,18-/m0/s1. The minimum atomic E-state index is -5.27. The Morgan fingerprint density at radius 3 is 2.42 bits per heavy atom. The third kappa shape index (κ3) is 6.53. The Bertz CT molecular complexity index is 982. The van der Waals surface area contributed by atoms with Crippen LogP contribution in [-0.4, -0.2) is 71.3 Å². The normalized spacial score (nSPS) is 28.2. The fraction of sp³-hybridized carbons (Fsp3) is 0.792. The Hall–Kier alpha value is -2.98. The second-order valence-corrected chi connectivity index (χ2v) is 10.7. The average Bonchev–Trinajstić information content (AvgIpc) is 2.82. The van der Waals surface area contributed by atoms with Gasteiger partial charge in [0.25, 0.3) is 5.92 Å². The van der Waals surface area contributed by atoms with Crippen LogP contribution in [0.2, 0.25) is 0 Å². The molecular formula is C24H32F5N5O4. The molecule has 14 heteroatoms. The molecule has 3 heterocycles. The number of fused-ring (bicyclic) bond motifs is 3. The predicted octanol–water partition coefficient (Wildman–Crippen LogP) is 2.02. The number of hydrogen-bond acceptors (Lipinski definition) is 5. The number of halogens is 5. The quantitative estimate of drug-likeness (QED) is 0.399. The summed E-state index contributed by atoms with van der Waals surface area (Å²) in [6.07, 6.45) is -5.15. The summed E-state index contributed by atoms with van der Waals surface area (Å²) in [4.78, 5) is 51.5. The van der Waals surface area contributed by atoms with Gasteiger partial charge in [-0.15, -0.1) is 0 Å². The van der Waals surface area contributed by atoms with Gasteiger partial charge in [-0.3, -0.25) is 19.2 Å². The lowest BCUT2D eigenvalue weighted by Crippen LogP contribution is -2.71. The summed E-state index contributed by atoms with van der Waals surface area (Å²) in [6.45, 7) is 3.71. The van der Waals surface area contributed by atoms with Gasteiger partial charge in [0.2, 0.25) is 17.7 Å². The molecule has 4 fully saturated rings. The number of rotatable bonds is 8. The number of carbonyl (C=O) groups excluding carboxylic acids is 4. The van der Waals surface area contributed by atoms with Crippen molar-refractivity contribution in [1.82, 2.24) is 20.9 Å². The summed E-state index contributed by atoms with van der Waals surface area (Å²) in [5, 5.41) is 16.3. The number of hydrogen-bond donors (Lipinski definition) is 3. The molecule has 9 nitrogen and oxygen atoms in total. The Labute approximate surface area is 216 Å². The van der Waals surface area contributed by atoms with Crippen LogP contribution in [0.1, 0.15) is 58.8 Å². The van der Waals surface area contributed by atoms with E-state index in [0.29, 0.717) is 19.4 Å². The molecular weight excluding hydrogens is 517 g/mol. The van der Waals surface area contributed by atoms with Crippen LogP contribution in [0.3, 0.4) is 0 Å². The molecule has 0 aromatic carbocycles. The van der Waals surface area contributed by atoms with E-state index >= 15 is 0 Å². The molecule has 4 aliphatic rings. The second kappa shape index (κ2) is 11.4. The van der Waals surface area contributed by atoms with Crippen LogP contribution in [0.25, 0.3) is 0 Å². The summed E-state index contributed by atoms with van der Waals surface area (Å²) in [5.74, 6) is -10.6. The highest BCUT2D eigenvalue weighted by atomic mass is 19.4. The van der Waals surface area contributed by atoms with Gasteiger partial charge in [-0.25, -0.2) is 8.78 Å². The maximum absolute atomic E-state index is 14.9. The molecule has 1 aliphatic carbocycles. The molecule has 3 aliphatic heterocycles. The molecule has 0 unspecified atom stereocenters. The van der Waals surface area contributed by atoms with Crippen LogP contribution >= 0.6 is 0 Å². The molecule has 0 aromatic heterocycles. The van der Waals surface area contributed by atoms with Gasteiger partial charge in [0.15, 0.2) is 0 Å². The third-order valence-electron chi connectivity index (χ3n) is 7.42. The van der Waals surface area contributed by atoms with E-state index in [-0.39, 0.29) is 37.5 Å². The smallest absolute Gasteiger partial charge is 0.356 e. The molecule has 3 saturated heterocycles. The molecule has 38 heavy (non-hydrogen) atoms. The Morgan fingerprint density at radius 1 is 1.18 bits per heavy atom. The van der Waals surface area contributed by atoms with Crippen LogP contribution in [0, 0.1) is 29.1 Å². The van der Waals surface area contributed by atoms with Gasteiger partial charge < -0.3 is 20.9 Å². The maximum atomic E-state index is 14.9. The zero-order chi connectivity index (χ0) is 28.4.